The van der Waals surface area contributed by atoms with Gasteiger partial charge in [-0.1, -0.05) is 0 Å². The molecule has 0 heterocycles. The zero-order valence-corrected chi connectivity index (χ0v) is 17.5. The van der Waals surface area contributed by atoms with Gasteiger partial charge >= 0.3 is 0 Å². The van der Waals surface area contributed by atoms with Crippen LogP contribution in [-0.4, -0.2) is 6.26 Å². The Kier molecular flexibility index (Phi) is 3.60. The molecule has 8 aliphatic carbocycles. The van der Waals surface area contributed by atoms with Gasteiger partial charge in [-0.05, 0) is 124 Å². The van der Waals surface area contributed by atoms with Crippen molar-refractivity contribution in [3.8, 4) is 0 Å². The van der Waals surface area contributed by atoms with Crippen LogP contribution >= 0.6 is 24.4 Å². The Morgan fingerprint density at radius 1 is 0.640 bits per heavy atom. The summed E-state index contributed by atoms with van der Waals surface area (Å²) in [5, 5.41) is 0. The van der Waals surface area contributed by atoms with Crippen LogP contribution in [0.1, 0.15) is 77.0 Å². The molecule has 0 aromatic rings. The Balaban J connectivity index is 1.41. The normalized spacial score (nSPS) is 56.4. The van der Waals surface area contributed by atoms with Crippen LogP contribution in [-0.2, 0) is 0 Å². The summed E-state index contributed by atoms with van der Waals surface area (Å²) < 4.78 is 0. The number of hydrogen-bond acceptors (Lipinski definition) is 2. The zero-order chi connectivity index (χ0) is 16.8. The first kappa shape index (κ1) is 16.4. The van der Waals surface area contributed by atoms with Crippen molar-refractivity contribution in [1.29, 1.82) is 0 Å². The molecule has 0 aliphatic heterocycles. The molecule has 8 fully saturated rings. The van der Waals surface area contributed by atoms with Gasteiger partial charge in [0.15, 0.2) is 0 Å². The molecule has 8 bridgehead atoms. The fourth-order valence-corrected chi connectivity index (χ4v) is 11.5. The molecule has 8 rings (SSSR count). The highest BCUT2D eigenvalue weighted by molar-refractivity contribution is 8.03. The molecule has 0 saturated heterocycles. The molecule has 0 radical (unpaired) electrons. The van der Waals surface area contributed by atoms with Crippen LogP contribution < -0.4 is 0 Å². The maximum Gasteiger partial charge on any atom is 0.00286 e. The van der Waals surface area contributed by atoms with Crippen molar-refractivity contribution in [3.63, 3.8) is 0 Å². The summed E-state index contributed by atoms with van der Waals surface area (Å²) >= 11 is 7.54. The molecule has 25 heavy (non-hydrogen) atoms. The number of rotatable bonds is 3. The van der Waals surface area contributed by atoms with E-state index < -0.39 is 0 Å². The third-order valence-corrected chi connectivity index (χ3v) is 11.4. The fraction of sp³-hybridized carbons (Fsp3) is 0.913. The van der Waals surface area contributed by atoms with Crippen LogP contribution in [0, 0.1) is 46.3 Å². The van der Waals surface area contributed by atoms with E-state index in [1.165, 1.54) is 38.5 Å². The number of thioether (sulfide) groups is 1. The molecule has 2 heteroatoms. The predicted molar refractivity (Wildman–Crippen MR) is 111 cm³/mol. The number of thiol groups is 1. The minimum Gasteiger partial charge on any atom is -0.146 e. The van der Waals surface area contributed by atoms with Crippen LogP contribution in [0.25, 0.3) is 0 Å². The molecule has 0 aromatic carbocycles. The van der Waals surface area contributed by atoms with Gasteiger partial charge < -0.3 is 0 Å². The first-order valence-electron chi connectivity index (χ1n) is 11.1. The average molecular weight is 375 g/mol. The van der Waals surface area contributed by atoms with E-state index in [1.807, 2.05) is 0 Å². The van der Waals surface area contributed by atoms with Crippen molar-refractivity contribution >= 4 is 24.4 Å². The van der Waals surface area contributed by atoms with Crippen molar-refractivity contribution < 1.29 is 0 Å². The van der Waals surface area contributed by atoms with Crippen LogP contribution in [0.2, 0.25) is 0 Å². The van der Waals surface area contributed by atoms with Crippen molar-refractivity contribution in [2.45, 2.75) is 77.0 Å². The van der Waals surface area contributed by atoms with Gasteiger partial charge in [-0.3, -0.25) is 0 Å². The van der Waals surface area contributed by atoms with Gasteiger partial charge in [0, 0.05) is 15.7 Å². The molecule has 0 nitrogen and oxygen atoms in total. The quantitative estimate of drug-likeness (QED) is 0.523. The Morgan fingerprint density at radius 2 is 0.960 bits per heavy atom. The van der Waals surface area contributed by atoms with Crippen LogP contribution in [0.15, 0.2) is 9.81 Å². The van der Waals surface area contributed by atoms with E-state index in [2.05, 4.69) is 18.0 Å². The second kappa shape index (κ2) is 5.49. The summed E-state index contributed by atoms with van der Waals surface area (Å²) in [5.41, 5.74) is 1.05. The Bertz CT molecular complexity index is 545. The highest BCUT2D eigenvalue weighted by atomic mass is 32.2. The lowest BCUT2D eigenvalue weighted by Crippen LogP contribution is -2.49. The van der Waals surface area contributed by atoms with Gasteiger partial charge in [0.25, 0.3) is 0 Å². The highest BCUT2D eigenvalue weighted by Gasteiger charge is 2.56. The topological polar surface area (TPSA) is 0 Å². The standard InChI is InChI=1S/C23H34S2/c1-25-21(23-11-17-5-18(12-23)7-19(6-17)13-23)20(24)22-8-14-2-15(9-22)4-16(3-14)10-22/h14-19,24H,2-13H2,1H3/b21-20+. The summed E-state index contributed by atoms with van der Waals surface area (Å²) in [6, 6.07) is 0. The van der Waals surface area contributed by atoms with Gasteiger partial charge in [0.1, 0.15) is 0 Å². The van der Waals surface area contributed by atoms with E-state index >= 15 is 0 Å². The molecule has 0 N–H and O–H groups in total. The predicted octanol–water partition coefficient (Wildman–Crippen LogP) is 6.92. The molecule has 8 aliphatic rings. The monoisotopic (exact) mass is 374 g/mol. The summed E-state index contributed by atoms with van der Waals surface area (Å²) in [4.78, 5) is 3.40. The van der Waals surface area contributed by atoms with Crippen LogP contribution in [0.5, 0.6) is 0 Å². The van der Waals surface area contributed by atoms with E-state index in [0.29, 0.717) is 10.8 Å². The largest absolute Gasteiger partial charge is 0.146 e. The SMILES string of the molecule is CS/C(=C(/S)C12CC3CC(CC(C3)C1)C2)C12CC3CC(CC(C3)C1)C2. The van der Waals surface area contributed by atoms with E-state index in [0.717, 1.165) is 35.5 Å². The van der Waals surface area contributed by atoms with Crippen molar-refractivity contribution in [2.75, 3.05) is 6.26 Å². The smallest absolute Gasteiger partial charge is 0.00286 e. The maximum atomic E-state index is 5.42. The molecule has 0 unspecified atom stereocenters. The van der Waals surface area contributed by atoms with Gasteiger partial charge in [0.05, 0.1) is 0 Å². The summed E-state index contributed by atoms with van der Waals surface area (Å²) in [6.45, 7) is 0. The summed E-state index contributed by atoms with van der Waals surface area (Å²) in [6.07, 6.45) is 20.6. The lowest BCUT2D eigenvalue weighted by atomic mass is 9.47. The van der Waals surface area contributed by atoms with E-state index in [9.17, 15) is 0 Å². The molecular weight excluding hydrogens is 340 g/mol. The number of hydrogen-bond donors (Lipinski definition) is 1. The van der Waals surface area contributed by atoms with E-state index in [4.69, 9.17) is 12.6 Å². The van der Waals surface area contributed by atoms with Gasteiger partial charge in [0.2, 0.25) is 0 Å². The Morgan fingerprint density at radius 3 is 1.28 bits per heavy atom. The van der Waals surface area contributed by atoms with Gasteiger partial charge in [-0.2, -0.15) is 0 Å². The van der Waals surface area contributed by atoms with Gasteiger partial charge in [-0.15, -0.1) is 24.4 Å². The third-order valence-electron chi connectivity index (χ3n) is 9.48. The summed E-state index contributed by atoms with van der Waals surface area (Å²) in [7, 11) is 0. The molecule has 0 spiro atoms. The molecule has 0 amide bonds. The maximum absolute atomic E-state index is 5.42. The molecule has 138 valence electrons. The van der Waals surface area contributed by atoms with Crippen molar-refractivity contribution in [1.82, 2.24) is 0 Å². The average Bonchev–Trinajstić information content (AvgIpc) is 2.52. The Hall–Kier alpha value is 0.440. The molecular formula is C23H34S2. The number of allylic oxidation sites excluding steroid dienone is 2. The fourth-order valence-electron chi connectivity index (χ4n) is 9.59. The van der Waals surface area contributed by atoms with E-state index in [1.54, 1.807) is 48.3 Å². The summed E-state index contributed by atoms with van der Waals surface area (Å²) in [5.74, 6) is 6.25. The first-order valence-corrected chi connectivity index (χ1v) is 12.7. The van der Waals surface area contributed by atoms with Crippen molar-refractivity contribution in [2.24, 2.45) is 46.3 Å². The van der Waals surface area contributed by atoms with Crippen LogP contribution in [0.4, 0.5) is 0 Å². The second-order valence-corrected chi connectivity index (χ2v) is 12.5. The minimum atomic E-state index is 0.500. The first-order chi connectivity index (χ1) is 12.1. The van der Waals surface area contributed by atoms with Gasteiger partial charge in [-0.25, -0.2) is 0 Å². The van der Waals surface area contributed by atoms with Crippen LogP contribution in [0.3, 0.4) is 0 Å². The third kappa shape index (κ3) is 2.35. The van der Waals surface area contributed by atoms with E-state index in [-0.39, 0.29) is 0 Å². The van der Waals surface area contributed by atoms with Crippen molar-refractivity contribution in [3.05, 3.63) is 9.81 Å². The molecule has 8 saturated carbocycles. The minimum absolute atomic E-state index is 0.500. The second-order valence-electron chi connectivity index (χ2n) is 11.3. The Labute approximate surface area is 163 Å². The molecule has 0 aromatic heterocycles. The zero-order valence-electron chi connectivity index (χ0n) is 15.8. The lowest BCUT2D eigenvalue weighted by molar-refractivity contribution is -0.0368. The molecule has 0 atom stereocenters. The highest BCUT2D eigenvalue weighted by Crippen LogP contribution is 2.69. The lowest BCUT2D eigenvalue weighted by Gasteiger charge is -2.60.